The van der Waals surface area contributed by atoms with Gasteiger partial charge in [-0.15, -0.1) is 0 Å². The van der Waals surface area contributed by atoms with Gasteiger partial charge >= 0.3 is 0 Å². The van der Waals surface area contributed by atoms with E-state index in [9.17, 15) is 31.2 Å². The van der Waals surface area contributed by atoms with E-state index >= 15 is 0 Å². The van der Waals surface area contributed by atoms with Crippen LogP contribution >= 0.6 is 15.9 Å². The number of carbonyl (C=O) groups is 3. The maximum Gasteiger partial charge on any atom is 0.273 e. The number of nitrogens with two attached hydrogens (primary N) is 1. The second-order valence-electron chi connectivity index (χ2n) is 11.4. The summed E-state index contributed by atoms with van der Waals surface area (Å²) in [4.78, 5) is 44.9. The zero-order valence-electron chi connectivity index (χ0n) is 29.6. The molecule has 0 spiro atoms. The van der Waals surface area contributed by atoms with Gasteiger partial charge in [0.15, 0.2) is 5.78 Å². The van der Waals surface area contributed by atoms with E-state index < -0.39 is 31.9 Å². The summed E-state index contributed by atoms with van der Waals surface area (Å²) in [6, 6.07) is 26.0. The molecule has 2 amide bonds. The number of halogens is 1. The van der Waals surface area contributed by atoms with Gasteiger partial charge in [-0.25, -0.2) is 24.8 Å². The van der Waals surface area contributed by atoms with Crippen LogP contribution in [0.5, 0.6) is 0 Å². The Hall–Kier alpha value is -4.93. The average Bonchev–Trinajstić information content (AvgIpc) is 3.89. The first-order valence-electron chi connectivity index (χ1n) is 15.8. The van der Waals surface area contributed by atoms with E-state index in [-0.39, 0.29) is 87.4 Å². The molecule has 2 aliphatic rings. The van der Waals surface area contributed by atoms with Crippen molar-refractivity contribution in [1.29, 1.82) is 0 Å². The van der Waals surface area contributed by atoms with Crippen LogP contribution in [0, 0.1) is 7.43 Å². The molecule has 4 N–H and O–H groups in total. The Balaban J connectivity index is 0.000000250. The number of pyridine rings is 2. The van der Waals surface area contributed by atoms with Crippen molar-refractivity contribution in [3.8, 4) is 0 Å². The summed E-state index contributed by atoms with van der Waals surface area (Å²) in [5.74, 6) is -1.16. The van der Waals surface area contributed by atoms with E-state index in [1.165, 1.54) is 54.9 Å². The predicted molar refractivity (Wildman–Crippen MR) is 220 cm³/mol. The number of Topliss-reactive ketones (excluding diaryl/α,β-unsaturated/α-hetero) is 1. The van der Waals surface area contributed by atoms with Gasteiger partial charge in [-0.1, -0.05) is 35.8 Å². The topological polar surface area (TPSA) is 205 Å². The summed E-state index contributed by atoms with van der Waals surface area (Å²) in [6.07, 6.45) is 6.17. The maximum absolute atomic E-state index is 12.8. The molecule has 6 aromatic rings. The first-order chi connectivity index (χ1) is 26.4. The molecule has 20 heteroatoms. The first kappa shape index (κ1) is 46.5. The van der Waals surface area contributed by atoms with Crippen LogP contribution in [-0.2, 0) is 60.6 Å². The van der Waals surface area contributed by atoms with Gasteiger partial charge in [-0.3, -0.25) is 24.4 Å². The quantitative estimate of drug-likeness (QED) is 0.174. The van der Waals surface area contributed by atoms with Crippen LogP contribution in [0.15, 0.2) is 136 Å². The van der Waals surface area contributed by atoms with Gasteiger partial charge < -0.3 is 23.8 Å². The van der Waals surface area contributed by atoms with Crippen LogP contribution in [0.1, 0.15) is 48.3 Å². The van der Waals surface area contributed by atoms with Crippen molar-refractivity contribution in [2.75, 3.05) is 5.32 Å². The molecule has 4 aromatic heterocycles. The summed E-state index contributed by atoms with van der Waals surface area (Å²) < 4.78 is 53.1. The number of aromatic nitrogens is 4. The molecule has 294 valence electrons. The van der Waals surface area contributed by atoms with Crippen molar-refractivity contribution < 1.29 is 52.3 Å². The van der Waals surface area contributed by atoms with E-state index in [1.54, 1.807) is 42.7 Å². The molecule has 2 aromatic carbocycles. The molecule has 57 heavy (non-hydrogen) atoms. The Morgan fingerprint density at radius 2 is 1.39 bits per heavy atom. The standard InChI is InChI=1S/C18H14N4O4S.C12H8BrNO3S.C6H8N2.CH3.B2H3.W/c23-17(20-11-13-4-1-2-8-19-13)12-6-7-16-14(10-12)21-18(24)15-5-3-9-22(15)27(16,25)26;13-9-3-4-12-8(6-9)7-11(15)10-2-1-5-14(10)18(12,16)17;7-5-6-3-1-2-4-8-6;;1-2;/h1-10H,11H2,(H,20,23)(H,21,24);1-6H,7H2;1-4H,5,7H2;1H3;1H3;/q;;;2*-1;. The van der Waals surface area contributed by atoms with E-state index in [0.717, 1.165) is 18.1 Å². The summed E-state index contributed by atoms with van der Waals surface area (Å²) in [7, 11) is -2.60. The van der Waals surface area contributed by atoms with Crippen molar-refractivity contribution in [2.24, 2.45) is 5.73 Å². The number of ketones is 1. The fourth-order valence-electron chi connectivity index (χ4n) is 5.43. The number of nitrogens with one attached hydrogen (secondary N) is 2. The minimum atomic E-state index is -3.93. The van der Waals surface area contributed by atoms with E-state index in [0.29, 0.717) is 17.8 Å². The van der Waals surface area contributed by atoms with Crippen LogP contribution < -0.4 is 16.4 Å². The number of carbonyl (C=O) groups excluding carboxylic acids is 3. The van der Waals surface area contributed by atoms with Crippen molar-refractivity contribution in [1.82, 2.24) is 23.2 Å². The monoisotopic (exact) mass is 1040 g/mol. The molecule has 2 aliphatic heterocycles. The third kappa shape index (κ3) is 10.5. The minimum Gasteiger partial charge on any atom is -0.358 e. The largest absolute Gasteiger partial charge is 0.358 e. The Labute approximate surface area is 356 Å². The first-order valence-corrected chi connectivity index (χ1v) is 19.5. The van der Waals surface area contributed by atoms with Crippen molar-refractivity contribution in [3.05, 3.63) is 168 Å². The second-order valence-corrected chi connectivity index (χ2v) is 15.9. The molecule has 0 unspecified atom stereocenters. The predicted octanol–water partition coefficient (Wildman–Crippen LogP) is 3.27. The van der Waals surface area contributed by atoms with Gasteiger partial charge in [0.1, 0.15) is 16.3 Å². The third-order valence-electron chi connectivity index (χ3n) is 7.97. The third-order valence-corrected chi connectivity index (χ3v) is 12.0. The number of hydrogen-bond donors (Lipinski definition) is 3. The van der Waals surface area contributed by atoms with Crippen LogP contribution in [0.2, 0.25) is 0 Å². The van der Waals surface area contributed by atoms with Gasteiger partial charge in [0, 0.05) is 68.9 Å². The molecule has 0 atom stereocenters. The molecule has 8 rings (SSSR count). The van der Waals surface area contributed by atoms with Gasteiger partial charge in [0.05, 0.1) is 28.5 Å². The second kappa shape index (κ2) is 20.5. The molecule has 0 fully saturated rings. The summed E-state index contributed by atoms with van der Waals surface area (Å²) in [5.41, 5.74) is 7.95. The number of fused-ring (bicyclic) bond motifs is 4. The fourth-order valence-corrected chi connectivity index (χ4v) is 8.88. The van der Waals surface area contributed by atoms with Gasteiger partial charge in [-0.2, -0.15) is 7.74 Å². The van der Waals surface area contributed by atoms with Crippen molar-refractivity contribution in [2.45, 2.75) is 29.3 Å². The van der Waals surface area contributed by atoms with Crippen LogP contribution in [-0.4, -0.2) is 67.8 Å². The maximum atomic E-state index is 12.8. The smallest absolute Gasteiger partial charge is 0.273 e. The molecule has 2 radical (unpaired) electrons. The van der Waals surface area contributed by atoms with Gasteiger partial charge in [-0.05, 0) is 90.5 Å². The molecule has 6 heterocycles. The van der Waals surface area contributed by atoms with Gasteiger partial charge in [0.25, 0.3) is 31.9 Å². The van der Waals surface area contributed by atoms with E-state index in [4.69, 9.17) is 13.5 Å². The normalized spacial score (nSPS) is 13.5. The number of benzene rings is 2. The molecule has 0 saturated carbocycles. The Morgan fingerprint density at radius 3 is 1.98 bits per heavy atom. The Morgan fingerprint density at radius 1 is 0.807 bits per heavy atom. The van der Waals surface area contributed by atoms with Gasteiger partial charge in [0.2, 0.25) is 0 Å². The number of hydrogen-bond acceptors (Lipinski definition) is 10. The molecular weight excluding hydrogens is 1000 g/mol. The van der Waals surface area contributed by atoms with E-state index in [1.807, 2.05) is 24.3 Å². The van der Waals surface area contributed by atoms with Crippen LogP contribution in [0.4, 0.5) is 5.69 Å². The summed E-state index contributed by atoms with van der Waals surface area (Å²) in [5, 5.41) is 5.27. The number of amides is 2. The Kier molecular flexibility index (Phi) is 16.7. The molecule has 0 saturated heterocycles. The fraction of sp³-hybridized carbons (Fsp3) is 0.0811. The molecule has 14 nitrogen and oxygen atoms in total. The molecule has 0 bridgehead atoms. The minimum absolute atomic E-state index is 0. The van der Waals surface area contributed by atoms with Crippen LogP contribution in [0.3, 0.4) is 0 Å². The average molecular weight is 1040 g/mol. The van der Waals surface area contributed by atoms with E-state index in [2.05, 4.69) is 36.5 Å². The van der Waals surface area contributed by atoms with Crippen molar-refractivity contribution in [3.63, 3.8) is 0 Å². The molecule has 0 aliphatic carbocycles. The SMILES string of the molecule is NCc1ccccn1.O=C(NCc1ccccn1)c1ccc2c(c1)NC(=O)c1cccn1S2(=O)=O.O=C1Cc2cc(Br)ccc2S(=O)(=O)n2cccc21.[B][BH3-].[CH3-].[W]. The zero-order valence-corrected chi connectivity index (χ0v) is 35.7. The number of anilines is 1. The van der Waals surface area contributed by atoms with Crippen molar-refractivity contribution >= 4 is 74.7 Å². The summed E-state index contributed by atoms with van der Waals surface area (Å²) >= 11 is 3.29. The molecular formula is C37H36B2BrN7O7S2W-2. The van der Waals surface area contributed by atoms with Crippen LogP contribution in [0.25, 0.3) is 0 Å². The zero-order chi connectivity index (χ0) is 39.8. The number of rotatable bonds is 4. The number of nitrogens with zero attached hydrogens (tertiary/aromatic N) is 4. The Bertz CT molecular complexity index is 2580. The summed E-state index contributed by atoms with van der Waals surface area (Å²) in [6.45, 7) is 0.758.